The van der Waals surface area contributed by atoms with Gasteiger partial charge in [-0.1, -0.05) is 26.7 Å². The molecule has 4 atom stereocenters. The van der Waals surface area contributed by atoms with Crippen LogP contribution in [0.4, 0.5) is 11.4 Å². The van der Waals surface area contributed by atoms with Crippen LogP contribution < -0.4 is 28.7 Å². The molecule has 3 aliphatic rings. The molecule has 0 amide bonds. The topological polar surface area (TPSA) is 68.5 Å². The summed E-state index contributed by atoms with van der Waals surface area (Å²) in [5.41, 5.74) is 2.32. The molecule has 5 rings (SSSR count). The van der Waals surface area contributed by atoms with E-state index in [-0.39, 0.29) is 12.2 Å². The van der Waals surface area contributed by atoms with Gasteiger partial charge in [0.15, 0.2) is 23.0 Å². The summed E-state index contributed by atoms with van der Waals surface area (Å²) in [6.07, 6.45) is 4.64. The molecule has 0 radical (unpaired) electrons. The van der Waals surface area contributed by atoms with E-state index in [1.54, 1.807) is 0 Å². The van der Waals surface area contributed by atoms with Crippen molar-refractivity contribution >= 4 is 11.4 Å². The third kappa shape index (κ3) is 7.67. The highest BCUT2D eigenvalue weighted by atomic mass is 16.6. The van der Waals surface area contributed by atoms with E-state index >= 15 is 0 Å². The number of anilines is 2. The molecule has 3 heterocycles. The van der Waals surface area contributed by atoms with Gasteiger partial charge >= 0.3 is 0 Å². The fraction of sp³-hybridized carbons (Fsp3) is 0.625. The number of nitrogens with zero attached hydrogens (tertiary/aromatic N) is 2. The van der Waals surface area contributed by atoms with Gasteiger partial charge in [0.05, 0.1) is 26.4 Å². The van der Waals surface area contributed by atoms with Crippen LogP contribution >= 0.6 is 0 Å². The minimum Gasteiger partial charge on any atom is -0.490 e. The first kappa shape index (κ1) is 28.7. The number of hydrogen-bond acceptors (Lipinski definition) is 8. The first-order valence-electron chi connectivity index (χ1n) is 15.1. The molecule has 8 nitrogen and oxygen atoms in total. The van der Waals surface area contributed by atoms with Gasteiger partial charge in [-0.2, -0.15) is 0 Å². The molecule has 8 heteroatoms. The summed E-state index contributed by atoms with van der Waals surface area (Å²) in [7, 11) is 0. The van der Waals surface area contributed by atoms with E-state index in [1.165, 1.54) is 0 Å². The normalized spacial score (nSPS) is 23.6. The van der Waals surface area contributed by atoms with Crippen molar-refractivity contribution in [3.63, 3.8) is 0 Å². The Bertz CT molecular complexity index is 1000. The van der Waals surface area contributed by atoms with Gasteiger partial charge in [-0.05, 0) is 51.0 Å². The molecule has 3 saturated heterocycles. The molecule has 220 valence electrons. The number of epoxide rings is 2. The standard InChI is InChI=1S/C32H46N2O6/c1-5-7-13-35-31-15-25(9-11-29(31)39-21-27-19-37-27)33-17-24(4)34(18-23(33)3)26-10-12-30(40-22-28-20-38-28)32(16-26)36-14-8-6-2/h9-12,15-16,23-24,27-28H,5-8,13-14,17-22H2,1-4H3. The highest BCUT2D eigenvalue weighted by molar-refractivity contribution is 5.61. The Hall–Kier alpha value is -2.84. The SMILES string of the molecule is CCCCOc1cc(N2CC(C)N(c3ccc(OCC4CO4)c(OCCCC)c3)CC2C)ccc1OCC1CO1. The third-order valence-electron chi connectivity index (χ3n) is 7.67. The number of rotatable bonds is 16. The van der Waals surface area contributed by atoms with Crippen LogP contribution in [0, 0.1) is 0 Å². The van der Waals surface area contributed by atoms with Gasteiger partial charge in [-0.3, -0.25) is 0 Å². The smallest absolute Gasteiger partial charge is 0.163 e. The predicted octanol–water partition coefficient (Wildman–Crippen LogP) is 5.70. The lowest BCUT2D eigenvalue weighted by molar-refractivity contribution is 0.240. The highest BCUT2D eigenvalue weighted by Crippen LogP contribution is 2.38. The zero-order chi connectivity index (χ0) is 27.9. The summed E-state index contributed by atoms with van der Waals surface area (Å²) >= 11 is 0. The second kappa shape index (κ2) is 13.7. The van der Waals surface area contributed by atoms with E-state index in [4.69, 9.17) is 28.4 Å². The van der Waals surface area contributed by atoms with Crippen LogP contribution in [-0.4, -0.2) is 77.0 Å². The van der Waals surface area contributed by atoms with Crippen LogP contribution in [0.15, 0.2) is 36.4 Å². The molecule has 3 aliphatic heterocycles. The molecule has 2 aromatic carbocycles. The van der Waals surface area contributed by atoms with E-state index in [9.17, 15) is 0 Å². The molecular formula is C32H46N2O6. The summed E-state index contributed by atoms with van der Waals surface area (Å²) in [4.78, 5) is 4.96. The first-order chi connectivity index (χ1) is 19.6. The average Bonchev–Trinajstić information content (AvgIpc) is 3.89. The van der Waals surface area contributed by atoms with Crippen molar-refractivity contribution in [1.29, 1.82) is 0 Å². The van der Waals surface area contributed by atoms with Gasteiger partial charge in [-0.25, -0.2) is 0 Å². The minimum atomic E-state index is 0.211. The Morgan fingerprint density at radius 3 is 1.45 bits per heavy atom. The number of ether oxygens (including phenoxy) is 6. The molecule has 0 N–H and O–H groups in total. The fourth-order valence-electron chi connectivity index (χ4n) is 5.01. The monoisotopic (exact) mass is 554 g/mol. The largest absolute Gasteiger partial charge is 0.490 e. The van der Waals surface area contributed by atoms with E-state index in [1.807, 2.05) is 12.1 Å². The molecule has 0 aliphatic carbocycles. The van der Waals surface area contributed by atoms with Gasteiger partial charge in [0.1, 0.15) is 25.4 Å². The summed E-state index contributed by atoms with van der Waals surface area (Å²) in [6, 6.07) is 13.3. The van der Waals surface area contributed by atoms with Crippen LogP contribution in [-0.2, 0) is 9.47 Å². The maximum absolute atomic E-state index is 6.18. The molecule has 4 unspecified atom stereocenters. The Balaban J connectivity index is 1.28. The Morgan fingerprint density at radius 1 is 0.650 bits per heavy atom. The van der Waals surface area contributed by atoms with E-state index < -0.39 is 0 Å². The Labute approximate surface area is 239 Å². The second-order valence-electron chi connectivity index (χ2n) is 11.2. The number of benzene rings is 2. The quantitative estimate of drug-likeness (QED) is 0.193. The highest BCUT2D eigenvalue weighted by Gasteiger charge is 2.31. The zero-order valence-corrected chi connectivity index (χ0v) is 24.6. The van der Waals surface area contributed by atoms with Crippen molar-refractivity contribution in [3.05, 3.63) is 36.4 Å². The van der Waals surface area contributed by atoms with Crippen molar-refractivity contribution < 1.29 is 28.4 Å². The summed E-state index contributed by atoms with van der Waals surface area (Å²) in [5.74, 6) is 3.21. The lowest BCUT2D eigenvalue weighted by Gasteiger charge is -2.46. The summed E-state index contributed by atoms with van der Waals surface area (Å²) in [6.45, 7) is 14.8. The molecule has 0 spiro atoms. The van der Waals surface area contributed by atoms with E-state index in [0.29, 0.717) is 38.5 Å². The second-order valence-corrected chi connectivity index (χ2v) is 11.2. The molecule has 3 fully saturated rings. The summed E-state index contributed by atoms with van der Waals surface area (Å²) in [5, 5.41) is 0. The number of unbranched alkanes of at least 4 members (excludes halogenated alkanes) is 2. The minimum absolute atomic E-state index is 0.211. The molecule has 0 aromatic heterocycles. The molecule has 2 aromatic rings. The van der Waals surface area contributed by atoms with Gasteiger partial charge < -0.3 is 38.2 Å². The van der Waals surface area contributed by atoms with Crippen molar-refractivity contribution in [1.82, 2.24) is 0 Å². The first-order valence-corrected chi connectivity index (χ1v) is 15.1. The molecular weight excluding hydrogens is 508 g/mol. The Morgan fingerprint density at radius 2 is 1.07 bits per heavy atom. The van der Waals surface area contributed by atoms with E-state index in [0.717, 1.165) is 86.4 Å². The van der Waals surface area contributed by atoms with Crippen LogP contribution in [0.5, 0.6) is 23.0 Å². The van der Waals surface area contributed by atoms with Crippen molar-refractivity contribution in [3.8, 4) is 23.0 Å². The van der Waals surface area contributed by atoms with Gasteiger partial charge in [0.2, 0.25) is 0 Å². The van der Waals surface area contributed by atoms with Crippen LogP contribution in [0.3, 0.4) is 0 Å². The van der Waals surface area contributed by atoms with Crippen LogP contribution in [0.1, 0.15) is 53.4 Å². The maximum atomic E-state index is 6.18. The fourth-order valence-corrected chi connectivity index (χ4v) is 5.01. The lowest BCUT2D eigenvalue weighted by atomic mass is 10.1. The average molecular weight is 555 g/mol. The molecule has 0 saturated carbocycles. The van der Waals surface area contributed by atoms with E-state index in [2.05, 4.69) is 61.8 Å². The van der Waals surface area contributed by atoms with Gasteiger partial charge in [-0.15, -0.1) is 0 Å². The maximum Gasteiger partial charge on any atom is 0.163 e. The molecule has 0 bridgehead atoms. The molecule has 40 heavy (non-hydrogen) atoms. The predicted molar refractivity (Wildman–Crippen MR) is 158 cm³/mol. The van der Waals surface area contributed by atoms with Crippen LogP contribution in [0.2, 0.25) is 0 Å². The number of piperazine rings is 1. The Kier molecular flexibility index (Phi) is 9.81. The van der Waals surface area contributed by atoms with Crippen molar-refractivity contribution in [2.75, 3.05) is 62.5 Å². The van der Waals surface area contributed by atoms with Crippen LogP contribution in [0.25, 0.3) is 0 Å². The lowest BCUT2D eigenvalue weighted by Crippen LogP contribution is -2.56. The number of hydrogen-bond donors (Lipinski definition) is 0. The summed E-state index contributed by atoms with van der Waals surface area (Å²) < 4.78 is 35.1. The van der Waals surface area contributed by atoms with Crippen molar-refractivity contribution in [2.24, 2.45) is 0 Å². The van der Waals surface area contributed by atoms with Gasteiger partial charge in [0.25, 0.3) is 0 Å². The third-order valence-corrected chi connectivity index (χ3v) is 7.67. The van der Waals surface area contributed by atoms with Crippen molar-refractivity contribution in [2.45, 2.75) is 77.7 Å². The van der Waals surface area contributed by atoms with Gasteiger partial charge in [0, 0.05) is 48.7 Å². The zero-order valence-electron chi connectivity index (χ0n) is 24.6.